The van der Waals surface area contributed by atoms with E-state index >= 15 is 0 Å². The summed E-state index contributed by atoms with van der Waals surface area (Å²) in [5.41, 5.74) is 2.14. The minimum Gasteiger partial charge on any atom is -0.369 e. The van der Waals surface area contributed by atoms with Crippen LogP contribution >= 0.6 is 0 Å². The molecule has 1 aromatic carbocycles. The summed E-state index contributed by atoms with van der Waals surface area (Å²) in [4.78, 5) is 6.58. The average molecular weight is 208 g/mol. The third kappa shape index (κ3) is 2.22. The molecule has 0 spiro atoms. The van der Waals surface area contributed by atoms with Crippen LogP contribution in [0.4, 0.5) is 5.69 Å². The van der Waals surface area contributed by atoms with Crippen LogP contribution in [0.15, 0.2) is 18.2 Å². The molecule has 1 aliphatic rings. The van der Waals surface area contributed by atoms with Crippen molar-refractivity contribution in [2.24, 2.45) is 0 Å². The predicted molar refractivity (Wildman–Crippen MR) is 59.5 cm³/mol. The molecular weight excluding hydrogens is 192 g/mol. The van der Waals surface area contributed by atoms with E-state index in [-0.39, 0.29) is 0 Å². The number of piperazine rings is 1. The fourth-order valence-electron chi connectivity index (χ4n) is 1.86. The van der Waals surface area contributed by atoms with Crippen LogP contribution in [0.25, 0.3) is 0 Å². The lowest BCUT2D eigenvalue weighted by Crippen LogP contribution is -2.43. The summed E-state index contributed by atoms with van der Waals surface area (Å²) in [5.74, 6) is 0.522. The van der Waals surface area contributed by atoms with Crippen LogP contribution in [0, 0.1) is 6.92 Å². The Morgan fingerprint density at radius 1 is 1.33 bits per heavy atom. The number of anilines is 1. The van der Waals surface area contributed by atoms with Gasteiger partial charge in [0.05, 0.1) is 0 Å². The summed E-state index contributed by atoms with van der Waals surface area (Å²) in [6.45, 7) is 6.03. The van der Waals surface area contributed by atoms with E-state index in [4.69, 9.17) is 5.26 Å². The Balaban J connectivity index is 2.17. The normalized spacial score (nSPS) is 16.5. The number of nitrogens with one attached hydrogen (secondary N) is 1. The Kier molecular flexibility index (Phi) is 3.08. The van der Waals surface area contributed by atoms with E-state index < -0.39 is 0 Å². The lowest BCUT2D eigenvalue weighted by Gasteiger charge is -2.29. The molecule has 2 rings (SSSR count). The van der Waals surface area contributed by atoms with E-state index in [1.807, 2.05) is 19.1 Å². The second-order valence-corrected chi connectivity index (χ2v) is 3.78. The maximum Gasteiger partial charge on any atom is 0.168 e. The molecule has 4 heteroatoms. The van der Waals surface area contributed by atoms with Gasteiger partial charge in [0.1, 0.15) is 0 Å². The molecule has 0 aliphatic carbocycles. The zero-order valence-electron chi connectivity index (χ0n) is 8.86. The van der Waals surface area contributed by atoms with Crippen molar-refractivity contribution in [1.29, 1.82) is 0 Å². The smallest absolute Gasteiger partial charge is 0.168 e. The summed E-state index contributed by atoms with van der Waals surface area (Å²) < 4.78 is 0. The highest BCUT2D eigenvalue weighted by Gasteiger charge is 2.11. The van der Waals surface area contributed by atoms with Crippen molar-refractivity contribution in [2.45, 2.75) is 6.92 Å². The lowest BCUT2D eigenvalue weighted by molar-refractivity contribution is -0.138. The molecule has 0 amide bonds. The van der Waals surface area contributed by atoms with Crippen molar-refractivity contribution in [3.05, 3.63) is 23.8 Å². The number of hydrogen-bond acceptors (Lipinski definition) is 4. The monoisotopic (exact) mass is 208 g/mol. The van der Waals surface area contributed by atoms with Crippen molar-refractivity contribution in [3.8, 4) is 5.75 Å². The van der Waals surface area contributed by atoms with Crippen LogP contribution in [0.3, 0.4) is 0 Å². The standard InChI is InChI=1S/C11H16N2O2/c1-9-8-10(2-3-11(9)15-14)13-6-4-12-5-7-13/h2-3,8,12,14H,4-7H2,1H3. The van der Waals surface area contributed by atoms with E-state index in [1.54, 1.807) is 6.07 Å². The van der Waals surface area contributed by atoms with Crippen molar-refractivity contribution < 1.29 is 10.1 Å². The van der Waals surface area contributed by atoms with Crippen molar-refractivity contribution in [2.75, 3.05) is 31.1 Å². The molecule has 15 heavy (non-hydrogen) atoms. The highest BCUT2D eigenvalue weighted by molar-refractivity contribution is 5.53. The first kappa shape index (κ1) is 10.3. The molecule has 1 aromatic rings. The van der Waals surface area contributed by atoms with Crippen molar-refractivity contribution in [1.82, 2.24) is 5.32 Å². The van der Waals surface area contributed by atoms with Gasteiger partial charge in [-0.15, -0.1) is 0 Å². The Bertz CT molecular complexity index is 335. The largest absolute Gasteiger partial charge is 0.369 e. The summed E-state index contributed by atoms with van der Waals surface area (Å²) >= 11 is 0. The zero-order valence-corrected chi connectivity index (χ0v) is 8.86. The first-order valence-corrected chi connectivity index (χ1v) is 5.19. The van der Waals surface area contributed by atoms with Crippen LogP contribution in [0.1, 0.15) is 5.56 Å². The minimum atomic E-state index is 0.522. The summed E-state index contributed by atoms with van der Waals surface area (Å²) in [6, 6.07) is 5.81. The Morgan fingerprint density at radius 2 is 2.07 bits per heavy atom. The number of benzene rings is 1. The van der Waals surface area contributed by atoms with Crippen molar-refractivity contribution >= 4 is 5.69 Å². The van der Waals surface area contributed by atoms with Gasteiger partial charge in [0.25, 0.3) is 0 Å². The fourth-order valence-corrected chi connectivity index (χ4v) is 1.86. The zero-order chi connectivity index (χ0) is 10.7. The van der Waals surface area contributed by atoms with Gasteiger partial charge in [-0.05, 0) is 30.7 Å². The minimum absolute atomic E-state index is 0.522. The van der Waals surface area contributed by atoms with Crippen molar-refractivity contribution in [3.63, 3.8) is 0 Å². The van der Waals surface area contributed by atoms with E-state index in [0.29, 0.717) is 5.75 Å². The van der Waals surface area contributed by atoms with Gasteiger partial charge in [0.15, 0.2) is 5.75 Å². The van der Waals surface area contributed by atoms with Crippen LogP contribution in [-0.2, 0) is 0 Å². The molecule has 0 unspecified atom stereocenters. The highest BCUT2D eigenvalue weighted by atomic mass is 17.1. The fraction of sp³-hybridized carbons (Fsp3) is 0.455. The lowest BCUT2D eigenvalue weighted by atomic mass is 10.2. The topological polar surface area (TPSA) is 44.7 Å². The molecular formula is C11H16N2O2. The number of nitrogens with zero attached hydrogens (tertiary/aromatic N) is 1. The van der Waals surface area contributed by atoms with E-state index in [0.717, 1.165) is 31.7 Å². The molecule has 0 aromatic heterocycles. The molecule has 1 saturated heterocycles. The second-order valence-electron chi connectivity index (χ2n) is 3.78. The number of hydrogen-bond donors (Lipinski definition) is 2. The molecule has 0 radical (unpaired) electrons. The molecule has 0 atom stereocenters. The van der Waals surface area contributed by atoms with Crippen LogP contribution in [0.2, 0.25) is 0 Å². The maximum atomic E-state index is 8.60. The van der Waals surface area contributed by atoms with Gasteiger partial charge in [0, 0.05) is 31.9 Å². The molecule has 0 saturated carbocycles. The Labute approximate surface area is 89.4 Å². The molecule has 1 fully saturated rings. The average Bonchev–Trinajstić information content (AvgIpc) is 2.30. The summed E-state index contributed by atoms with van der Waals surface area (Å²) in [5, 5.41) is 11.9. The first-order valence-electron chi connectivity index (χ1n) is 5.19. The molecule has 4 nitrogen and oxygen atoms in total. The van der Waals surface area contributed by atoms with Gasteiger partial charge in [-0.2, -0.15) is 0 Å². The van der Waals surface area contributed by atoms with Gasteiger partial charge >= 0.3 is 0 Å². The summed E-state index contributed by atoms with van der Waals surface area (Å²) in [7, 11) is 0. The number of aryl methyl sites for hydroxylation is 1. The van der Waals surface area contributed by atoms with Crippen LogP contribution < -0.4 is 15.1 Å². The van der Waals surface area contributed by atoms with E-state index in [2.05, 4.69) is 15.1 Å². The van der Waals surface area contributed by atoms with Gasteiger partial charge in [-0.25, -0.2) is 5.26 Å². The Morgan fingerprint density at radius 3 is 2.67 bits per heavy atom. The van der Waals surface area contributed by atoms with E-state index in [1.165, 1.54) is 5.69 Å². The van der Waals surface area contributed by atoms with Gasteiger partial charge in [-0.1, -0.05) is 0 Å². The highest BCUT2D eigenvalue weighted by Crippen LogP contribution is 2.24. The van der Waals surface area contributed by atoms with Gasteiger partial charge < -0.3 is 15.1 Å². The molecule has 2 N–H and O–H groups in total. The molecule has 0 bridgehead atoms. The molecule has 82 valence electrons. The van der Waals surface area contributed by atoms with E-state index in [9.17, 15) is 0 Å². The SMILES string of the molecule is Cc1cc(N2CCNCC2)ccc1OO. The number of rotatable bonds is 2. The van der Waals surface area contributed by atoms with Gasteiger partial charge in [0.2, 0.25) is 0 Å². The molecule has 1 heterocycles. The second kappa shape index (κ2) is 4.51. The Hall–Kier alpha value is -1.26. The predicted octanol–water partition coefficient (Wildman–Crippen LogP) is 1.26. The molecule has 1 aliphatic heterocycles. The third-order valence-electron chi connectivity index (χ3n) is 2.74. The summed E-state index contributed by atoms with van der Waals surface area (Å²) in [6.07, 6.45) is 0. The maximum absolute atomic E-state index is 8.60. The van der Waals surface area contributed by atoms with Gasteiger partial charge in [-0.3, -0.25) is 0 Å². The quantitative estimate of drug-likeness (QED) is 0.567. The van der Waals surface area contributed by atoms with Crippen LogP contribution in [0.5, 0.6) is 5.75 Å². The first-order chi connectivity index (χ1) is 7.31. The third-order valence-corrected chi connectivity index (χ3v) is 2.74. The van der Waals surface area contributed by atoms with Crippen LogP contribution in [-0.4, -0.2) is 31.4 Å².